The lowest BCUT2D eigenvalue weighted by Gasteiger charge is -2.38. The average molecular weight is 535 g/mol. The molecule has 7 nitrogen and oxygen atoms in total. The highest BCUT2D eigenvalue weighted by atomic mass is 16.2. The Labute approximate surface area is 237 Å². The number of pyridine rings is 1. The summed E-state index contributed by atoms with van der Waals surface area (Å²) in [5, 5.41) is 4.31. The monoisotopic (exact) mass is 534 g/mol. The summed E-state index contributed by atoms with van der Waals surface area (Å²) in [5.74, 6) is 0.0442. The average Bonchev–Trinajstić information content (AvgIpc) is 3.32. The molecule has 0 spiro atoms. The number of carbonyl (C=O) groups is 1. The van der Waals surface area contributed by atoms with Crippen molar-refractivity contribution in [3.8, 4) is 0 Å². The number of benzene rings is 2. The number of carbonyl (C=O) groups excluding carboxylic acids is 1. The zero-order chi connectivity index (χ0) is 27.9. The Morgan fingerprint density at radius 2 is 1.62 bits per heavy atom. The second-order valence-electron chi connectivity index (χ2n) is 10.5. The number of nitrogens with zero attached hydrogens (tertiary/aromatic N) is 6. The number of likely N-dealkylation sites (tertiary alicyclic amines) is 1. The van der Waals surface area contributed by atoms with Gasteiger partial charge in [0, 0.05) is 87.4 Å². The summed E-state index contributed by atoms with van der Waals surface area (Å²) in [6.07, 6.45) is 10.9. The lowest BCUT2D eigenvalue weighted by molar-refractivity contribution is -0.130. The molecule has 2 aromatic carbocycles. The van der Waals surface area contributed by atoms with E-state index in [1.807, 2.05) is 43.1 Å². The van der Waals surface area contributed by atoms with Gasteiger partial charge in [-0.05, 0) is 61.2 Å². The molecule has 0 saturated carbocycles. The minimum absolute atomic E-state index is 0.0442. The highest BCUT2D eigenvalue weighted by Gasteiger charge is 2.27. The molecule has 0 aliphatic carbocycles. The molecule has 3 heterocycles. The van der Waals surface area contributed by atoms with Gasteiger partial charge in [-0.25, -0.2) is 0 Å². The third-order valence-corrected chi connectivity index (χ3v) is 7.94. The quantitative estimate of drug-likeness (QED) is 0.262. The number of hydrogen-bond donors (Lipinski definition) is 0. The second-order valence-corrected chi connectivity index (χ2v) is 10.5. The van der Waals surface area contributed by atoms with Gasteiger partial charge in [-0.2, -0.15) is 5.10 Å². The molecule has 206 valence electrons. The summed E-state index contributed by atoms with van der Waals surface area (Å²) in [4.78, 5) is 24.5. The van der Waals surface area contributed by atoms with Crippen LogP contribution >= 0.6 is 0 Å². The highest BCUT2D eigenvalue weighted by Crippen LogP contribution is 2.25. The van der Waals surface area contributed by atoms with Crippen molar-refractivity contribution in [2.45, 2.75) is 38.9 Å². The molecular formula is C33H38N6O. The lowest BCUT2D eigenvalue weighted by Crippen LogP contribution is -2.46. The third kappa shape index (κ3) is 6.66. The highest BCUT2D eigenvalue weighted by molar-refractivity contribution is 5.92. The molecule has 0 N–H and O–H groups in total. The van der Waals surface area contributed by atoms with E-state index in [4.69, 9.17) is 0 Å². The van der Waals surface area contributed by atoms with Crippen LogP contribution in [0.5, 0.6) is 0 Å². The van der Waals surface area contributed by atoms with Crippen molar-refractivity contribution in [1.82, 2.24) is 24.6 Å². The van der Waals surface area contributed by atoms with Crippen molar-refractivity contribution in [3.05, 3.63) is 114 Å². The van der Waals surface area contributed by atoms with Gasteiger partial charge in [0.05, 0.1) is 6.20 Å². The summed E-state index contributed by atoms with van der Waals surface area (Å²) in [6.45, 7) is 5.50. The number of anilines is 2. The van der Waals surface area contributed by atoms with E-state index in [1.165, 1.54) is 5.56 Å². The SMILES string of the molecule is Cc1c(C=CC(=O)N(Cc2ccc(N(C)c3ccncc3)cc2)C2CCN(Cc3ccccc3)CC2)cnn1C. The first kappa shape index (κ1) is 27.3. The molecule has 2 aromatic heterocycles. The maximum absolute atomic E-state index is 13.7. The van der Waals surface area contributed by atoms with E-state index in [9.17, 15) is 4.79 Å². The molecule has 1 amide bonds. The molecule has 4 aromatic rings. The van der Waals surface area contributed by atoms with E-state index in [1.54, 1.807) is 18.5 Å². The van der Waals surface area contributed by atoms with Gasteiger partial charge in [0.1, 0.15) is 0 Å². The Kier molecular flexibility index (Phi) is 8.71. The van der Waals surface area contributed by atoms with Crippen molar-refractivity contribution in [3.63, 3.8) is 0 Å². The fraction of sp³-hybridized carbons (Fsp3) is 0.303. The predicted molar refractivity (Wildman–Crippen MR) is 161 cm³/mol. The number of hydrogen-bond acceptors (Lipinski definition) is 5. The second kappa shape index (κ2) is 12.7. The fourth-order valence-electron chi connectivity index (χ4n) is 5.29. The first-order valence-corrected chi connectivity index (χ1v) is 13.9. The first-order valence-electron chi connectivity index (χ1n) is 13.9. The van der Waals surface area contributed by atoms with Gasteiger partial charge in [-0.15, -0.1) is 0 Å². The number of piperidine rings is 1. The summed E-state index contributed by atoms with van der Waals surface area (Å²) in [6, 6.07) is 23.3. The molecule has 0 bridgehead atoms. The number of aromatic nitrogens is 3. The van der Waals surface area contributed by atoms with Crippen molar-refractivity contribution < 1.29 is 4.79 Å². The van der Waals surface area contributed by atoms with Crippen LogP contribution in [-0.4, -0.2) is 56.7 Å². The number of amides is 1. The maximum Gasteiger partial charge on any atom is 0.247 e. The molecular weight excluding hydrogens is 496 g/mol. The summed E-state index contributed by atoms with van der Waals surface area (Å²) < 4.78 is 1.83. The van der Waals surface area contributed by atoms with Crippen LogP contribution in [0.2, 0.25) is 0 Å². The van der Waals surface area contributed by atoms with Crippen molar-refractivity contribution in [2.75, 3.05) is 25.0 Å². The number of rotatable bonds is 9. The van der Waals surface area contributed by atoms with Gasteiger partial charge >= 0.3 is 0 Å². The van der Waals surface area contributed by atoms with Gasteiger partial charge in [0.25, 0.3) is 0 Å². The van der Waals surface area contributed by atoms with Crippen molar-refractivity contribution >= 4 is 23.4 Å². The summed E-state index contributed by atoms with van der Waals surface area (Å²) in [5.41, 5.74) is 6.64. The fourth-order valence-corrected chi connectivity index (χ4v) is 5.29. The van der Waals surface area contributed by atoms with Crippen LogP contribution in [-0.2, 0) is 24.9 Å². The summed E-state index contributed by atoms with van der Waals surface area (Å²) in [7, 11) is 3.97. The van der Waals surface area contributed by atoms with Gasteiger partial charge in [-0.1, -0.05) is 42.5 Å². The minimum atomic E-state index is 0.0442. The first-order chi connectivity index (χ1) is 19.5. The van der Waals surface area contributed by atoms with Crippen LogP contribution in [0.4, 0.5) is 11.4 Å². The van der Waals surface area contributed by atoms with E-state index < -0.39 is 0 Å². The molecule has 1 aliphatic rings. The molecule has 1 saturated heterocycles. The van der Waals surface area contributed by atoms with Crippen molar-refractivity contribution in [1.29, 1.82) is 0 Å². The van der Waals surface area contributed by atoms with Gasteiger partial charge in [0.2, 0.25) is 5.91 Å². The largest absolute Gasteiger partial charge is 0.345 e. The molecule has 40 heavy (non-hydrogen) atoms. The van der Waals surface area contributed by atoms with E-state index in [0.717, 1.165) is 60.7 Å². The Bertz CT molecular complexity index is 1410. The molecule has 0 radical (unpaired) electrons. The van der Waals surface area contributed by atoms with Gasteiger partial charge in [0.15, 0.2) is 0 Å². The van der Waals surface area contributed by atoms with Crippen LogP contribution in [0.3, 0.4) is 0 Å². The van der Waals surface area contributed by atoms with E-state index in [-0.39, 0.29) is 11.9 Å². The van der Waals surface area contributed by atoms with Gasteiger partial charge < -0.3 is 9.80 Å². The standard InChI is InChI=1S/C33H38N6O/c1-26-29(23-35-37(26)3)11-14-33(40)39(32-17-21-38(22-18-32)24-27-7-5-4-6-8-27)25-28-9-12-30(13-10-28)36(2)31-15-19-34-20-16-31/h4-16,19-20,23,32H,17-18,21-22,24-25H2,1-3H3. The summed E-state index contributed by atoms with van der Waals surface area (Å²) >= 11 is 0. The van der Waals surface area contributed by atoms with Crippen LogP contribution in [0.15, 0.2) is 91.4 Å². The Hall–Kier alpha value is -4.23. The molecule has 1 fully saturated rings. The lowest BCUT2D eigenvalue weighted by atomic mass is 10.0. The maximum atomic E-state index is 13.7. The van der Waals surface area contributed by atoms with Gasteiger partial charge in [-0.3, -0.25) is 19.4 Å². The van der Waals surface area contributed by atoms with Crippen LogP contribution < -0.4 is 4.90 Å². The third-order valence-electron chi connectivity index (χ3n) is 7.94. The minimum Gasteiger partial charge on any atom is -0.345 e. The topological polar surface area (TPSA) is 57.5 Å². The zero-order valence-electron chi connectivity index (χ0n) is 23.6. The molecule has 1 aliphatic heterocycles. The Morgan fingerprint density at radius 3 is 2.27 bits per heavy atom. The normalized spacial score (nSPS) is 14.5. The predicted octanol–water partition coefficient (Wildman–Crippen LogP) is 5.60. The van der Waals surface area contributed by atoms with Crippen LogP contribution in [0.25, 0.3) is 6.08 Å². The molecule has 0 atom stereocenters. The Balaban J connectivity index is 1.30. The number of aryl methyl sites for hydroxylation is 1. The smallest absolute Gasteiger partial charge is 0.247 e. The molecule has 0 unspecified atom stereocenters. The van der Waals surface area contributed by atoms with E-state index in [0.29, 0.717) is 6.54 Å². The van der Waals surface area contributed by atoms with Crippen LogP contribution in [0, 0.1) is 6.92 Å². The Morgan fingerprint density at radius 1 is 0.950 bits per heavy atom. The molecule has 5 rings (SSSR count). The zero-order valence-corrected chi connectivity index (χ0v) is 23.6. The molecule has 7 heteroatoms. The van der Waals surface area contributed by atoms with Crippen molar-refractivity contribution in [2.24, 2.45) is 7.05 Å². The van der Waals surface area contributed by atoms with E-state index >= 15 is 0 Å². The van der Waals surface area contributed by atoms with E-state index in [2.05, 4.69) is 86.4 Å². The van der Waals surface area contributed by atoms with Crippen LogP contribution in [0.1, 0.15) is 35.2 Å².